The van der Waals surface area contributed by atoms with Crippen molar-refractivity contribution in [1.29, 1.82) is 0 Å². The quantitative estimate of drug-likeness (QED) is 0.0532. The van der Waals surface area contributed by atoms with Gasteiger partial charge in [0.25, 0.3) is 32.1 Å². The first-order chi connectivity index (χ1) is 26.3. The van der Waals surface area contributed by atoms with Crippen LogP contribution < -0.4 is 21.3 Å². The highest BCUT2D eigenvalue weighted by molar-refractivity contribution is 7.86. The highest BCUT2D eigenvalue weighted by Gasteiger charge is 2.22. The molecule has 0 aliphatic carbocycles. The van der Waals surface area contributed by atoms with E-state index in [1.54, 1.807) is 13.8 Å². The van der Waals surface area contributed by atoms with Crippen LogP contribution in [0.2, 0.25) is 0 Å². The number of fused-ring (bicyclic) bond motifs is 2. The zero-order valence-corrected chi connectivity index (χ0v) is 30.7. The molecule has 0 spiro atoms. The third kappa shape index (κ3) is 7.84. The molecule has 0 atom stereocenters. The zero-order valence-electron chi connectivity index (χ0n) is 29.1. The molecule has 16 nitrogen and oxygen atoms in total. The minimum Gasteiger partial charge on any atom is -0.506 e. The lowest BCUT2D eigenvalue weighted by atomic mass is 10.1. The van der Waals surface area contributed by atoms with E-state index in [0.717, 1.165) is 0 Å². The molecule has 0 aliphatic rings. The predicted octanol–water partition coefficient (Wildman–Crippen LogP) is 5.60. The number of hydrogen-bond acceptors (Lipinski definition) is 10. The smallest absolute Gasteiger partial charge is 0.314 e. The van der Waals surface area contributed by atoms with Crippen LogP contribution in [0.3, 0.4) is 0 Å². The number of carbonyl (C=O) groups excluding carboxylic acids is 4. The molecule has 0 bridgehead atoms. The van der Waals surface area contributed by atoms with Gasteiger partial charge in [-0.15, -0.1) is 0 Å². The molecule has 4 amide bonds. The van der Waals surface area contributed by atoms with Gasteiger partial charge in [0, 0.05) is 44.0 Å². The Morgan fingerprint density at radius 2 is 0.857 bits per heavy atom. The fourth-order valence-electron chi connectivity index (χ4n) is 5.97. The Morgan fingerprint density at radius 1 is 0.482 bits per heavy atom. The van der Waals surface area contributed by atoms with Gasteiger partial charge in [0.15, 0.2) is 0 Å². The lowest BCUT2D eigenvalue weighted by Crippen LogP contribution is -2.29. The van der Waals surface area contributed by atoms with Crippen LogP contribution in [0.25, 0.3) is 21.5 Å². The Balaban J connectivity index is 1.12. The molecule has 0 saturated heterocycles. The maximum absolute atomic E-state index is 13.2. The van der Waals surface area contributed by atoms with Gasteiger partial charge in [0.2, 0.25) is 0 Å². The molecule has 0 heterocycles. The van der Waals surface area contributed by atoms with E-state index in [-0.39, 0.29) is 66.9 Å². The number of benzene rings is 6. The van der Waals surface area contributed by atoms with Gasteiger partial charge in [-0.25, -0.2) is 0 Å². The summed E-state index contributed by atoms with van der Waals surface area (Å²) >= 11 is 0. The third-order valence-electron chi connectivity index (χ3n) is 8.71. The van der Waals surface area contributed by atoms with Gasteiger partial charge in [-0.3, -0.25) is 28.3 Å². The van der Waals surface area contributed by atoms with E-state index in [9.17, 15) is 55.3 Å². The van der Waals surface area contributed by atoms with Crippen molar-refractivity contribution >= 4 is 88.2 Å². The molecule has 6 rings (SSSR count). The number of phenolic OH excluding ortho intramolecular Hbond substituents is 2. The lowest BCUT2D eigenvalue weighted by Gasteiger charge is -2.14. The Bertz CT molecular complexity index is 2700. The van der Waals surface area contributed by atoms with Gasteiger partial charge in [-0.05, 0) is 97.8 Å². The van der Waals surface area contributed by atoms with Gasteiger partial charge < -0.3 is 31.5 Å². The fourth-order valence-corrected chi connectivity index (χ4v) is 7.38. The van der Waals surface area contributed by atoms with Crippen molar-refractivity contribution in [3.8, 4) is 11.5 Å². The largest absolute Gasteiger partial charge is 0.506 e. The second-order valence-electron chi connectivity index (χ2n) is 12.4. The van der Waals surface area contributed by atoms with E-state index in [1.165, 1.54) is 97.1 Å². The molecule has 0 radical (unpaired) electrons. The molecule has 6 aromatic carbocycles. The summed E-state index contributed by atoms with van der Waals surface area (Å²) < 4.78 is 66.6. The SMILES string of the molecule is Cc1cc(C(=O)Nc2c(O)ccc3c(S(=O)(=O)O)cccc23)ccc1NC(=O)C(=O)Nc1ccc(C(=O)Nc2c(O)ccc3c(S(=O)(=O)O)cccc23)cc1C. The van der Waals surface area contributed by atoms with Crippen molar-refractivity contribution in [3.05, 3.63) is 119 Å². The molecule has 0 aliphatic heterocycles. The summed E-state index contributed by atoms with van der Waals surface area (Å²) in [6.07, 6.45) is 0. The van der Waals surface area contributed by atoms with Crippen molar-refractivity contribution in [2.45, 2.75) is 23.6 Å². The van der Waals surface area contributed by atoms with E-state index in [2.05, 4.69) is 21.3 Å². The van der Waals surface area contributed by atoms with Gasteiger partial charge in [0.1, 0.15) is 21.3 Å². The average molecular weight is 799 g/mol. The molecule has 0 fully saturated rings. The maximum Gasteiger partial charge on any atom is 0.314 e. The molecular weight excluding hydrogens is 769 g/mol. The van der Waals surface area contributed by atoms with Crippen LogP contribution in [0.15, 0.2) is 107 Å². The molecule has 6 aromatic rings. The van der Waals surface area contributed by atoms with Crippen LogP contribution in [-0.4, -0.2) is 59.8 Å². The van der Waals surface area contributed by atoms with E-state index >= 15 is 0 Å². The van der Waals surface area contributed by atoms with Crippen molar-refractivity contribution in [2.75, 3.05) is 21.3 Å². The summed E-state index contributed by atoms with van der Waals surface area (Å²) in [5.41, 5.74) is 1.12. The number of aromatic hydroxyl groups is 2. The Labute approximate surface area is 318 Å². The maximum atomic E-state index is 13.2. The van der Waals surface area contributed by atoms with Gasteiger partial charge >= 0.3 is 11.8 Å². The lowest BCUT2D eigenvalue weighted by molar-refractivity contribution is -0.133. The number of rotatable bonds is 8. The molecule has 286 valence electrons. The fraction of sp³-hybridized carbons (Fsp3) is 0.0526. The first-order valence-corrected chi connectivity index (χ1v) is 19.1. The van der Waals surface area contributed by atoms with Crippen molar-refractivity contribution in [1.82, 2.24) is 0 Å². The number of aryl methyl sites for hydroxylation is 2. The standard InChI is InChI=1S/C38H30N4O12S2/c1-19-17-21(35(45)41-33-25-5-3-7-31(55(49,50)51)23(25)11-15-29(33)43)9-13-27(19)39-37(47)38(48)40-28-14-10-22(18-20(28)2)36(46)42-34-26-6-4-8-32(56(52,53)54)24(26)12-16-30(34)44/h3-18,43-44H,1-2H3,(H,39,47)(H,40,48)(H,41,45)(H,42,46)(H,49,50,51)(H,52,53,54). The van der Waals surface area contributed by atoms with E-state index < -0.39 is 53.7 Å². The van der Waals surface area contributed by atoms with Gasteiger partial charge in [-0.2, -0.15) is 16.8 Å². The Hall–Kier alpha value is -6.86. The van der Waals surface area contributed by atoms with E-state index in [0.29, 0.717) is 11.1 Å². The minimum atomic E-state index is -4.61. The van der Waals surface area contributed by atoms with Crippen LogP contribution in [0.1, 0.15) is 31.8 Å². The Kier molecular flexibility index (Phi) is 10.2. The highest BCUT2D eigenvalue weighted by atomic mass is 32.2. The number of hydrogen-bond donors (Lipinski definition) is 8. The minimum absolute atomic E-state index is 0.0615. The number of carbonyl (C=O) groups is 4. The van der Waals surface area contributed by atoms with E-state index in [1.807, 2.05) is 0 Å². The van der Waals surface area contributed by atoms with E-state index in [4.69, 9.17) is 0 Å². The molecule has 8 N–H and O–H groups in total. The second kappa shape index (κ2) is 14.8. The summed E-state index contributed by atoms with van der Waals surface area (Å²) in [5, 5.41) is 31.4. The van der Waals surface area contributed by atoms with Crippen LogP contribution in [0.5, 0.6) is 11.5 Å². The summed E-state index contributed by atoms with van der Waals surface area (Å²) in [5.74, 6) is -4.24. The molecule has 0 saturated carbocycles. The van der Waals surface area contributed by atoms with Crippen molar-refractivity contribution < 1.29 is 55.3 Å². The normalized spacial score (nSPS) is 11.6. The summed E-state index contributed by atoms with van der Waals surface area (Å²) in [6.45, 7) is 3.13. The molecular formula is C38H30N4O12S2. The second-order valence-corrected chi connectivity index (χ2v) is 15.2. The summed E-state index contributed by atoms with van der Waals surface area (Å²) in [4.78, 5) is 51.3. The number of anilines is 4. The van der Waals surface area contributed by atoms with Crippen LogP contribution >= 0.6 is 0 Å². The highest BCUT2D eigenvalue weighted by Crippen LogP contribution is 2.37. The average Bonchev–Trinajstić information content (AvgIpc) is 3.14. The summed E-state index contributed by atoms with van der Waals surface area (Å²) in [7, 11) is -9.22. The monoisotopic (exact) mass is 798 g/mol. The van der Waals surface area contributed by atoms with Gasteiger partial charge in [-0.1, -0.05) is 24.3 Å². The van der Waals surface area contributed by atoms with Crippen molar-refractivity contribution in [2.24, 2.45) is 0 Å². The molecule has 56 heavy (non-hydrogen) atoms. The topological polar surface area (TPSA) is 266 Å². The van der Waals surface area contributed by atoms with Crippen molar-refractivity contribution in [3.63, 3.8) is 0 Å². The van der Waals surface area contributed by atoms with Crippen LogP contribution in [0.4, 0.5) is 22.7 Å². The molecule has 0 unspecified atom stereocenters. The number of nitrogens with one attached hydrogen (secondary N) is 4. The molecule has 18 heteroatoms. The summed E-state index contributed by atoms with van der Waals surface area (Å²) in [6, 6.07) is 21.1. The van der Waals surface area contributed by atoms with Gasteiger partial charge in [0.05, 0.1) is 11.4 Å². The number of amides is 4. The molecule has 0 aromatic heterocycles. The van der Waals surface area contributed by atoms with Crippen LogP contribution in [-0.2, 0) is 29.8 Å². The Morgan fingerprint density at radius 3 is 1.20 bits per heavy atom. The number of phenols is 2. The van der Waals surface area contributed by atoms with Crippen LogP contribution in [0, 0.1) is 13.8 Å². The predicted molar refractivity (Wildman–Crippen MR) is 206 cm³/mol. The third-order valence-corrected chi connectivity index (χ3v) is 10.5. The first-order valence-electron chi connectivity index (χ1n) is 16.2. The zero-order chi connectivity index (χ0) is 40.7. The first kappa shape index (κ1) is 38.9.